The molecule has 1 aliphatic carbocycles. The van der Waals surface area contributed by atoms with Crippen LogP contribution in [0.4, 0.5) is 0 Å². The van der Waals surface area contributed by atoms with Gasteiger partial charge in [0.15, 0.2) is 0 Å². The number of hydrogen-bond acceptors (Lipinski definition) is 1. The van der Waals surface area contributed by atoms with Gasteiger partial charge in [-0.25, -0.2) is 0 Å². The molecule has 0 unspecified atom stereocenters. The Kier molecular flexibility index (Phi) is 2.96. The Labute approximate surface area is 87.5 Å². The monoisotopic (exact) mass is 194 g/mol. The Morgan fingerprint density at radius 3 is 2.57 bits per heavy atom. The molecule has 0 aromatic rings. The standard InChI is InChI=1S/C13H22O/c1-11-7-6-8-12(2)13(11)9-4-3-5-10-14-13/h3,5,11-12H,4,6-10H2,1-2H3/t11-,12-/m1/s1. The Morgan fingerprint density at radius 1 is 1.14 bits per heavy atom. The highest BCUT2D eigenvalue weighted by Crippen LogP contribution is 2.44. The van der Waals surface area contributed by atoms with Crippen LogP contribution in [0, 0.1) is 11.8 Å². The molecule has 0 amide bonds. The van der Waals surface area contributed by atoms with Gasteiger partial charge in [0, 0.05) is 0 Å². The Balaban J connectivity index is 2.16. The molecule has 14 heavy (non-hydrogen) atoms. The van der Waals surface area contributed by atoms with Crippen molar-refractivity contribution in [2.45, 2.75) is 51.6 Å². The number of ether oxygens (including phenoxy) is 1. The zero-order valence-electron chi connectivity index (χ0n) is 9.46. The first-order valence-electron chi connectivity index (χ1n) is 6.04. The smallest absolute Gasteiger partial charge is 0.0740 e. The van der Waals surface area contributed by atoms with Crippen LogP contribution in [0.25, 0.3) is 0 Å². The van der Waals surface area contributed by atoms with Gasteiger partial charge in [-0.1, -0.05) is 32.4 Å². The van der Waals surface area contributed by atoms with Crippen LogP contribution >= 0.6 is 0 Å². The van der Waals surface area contributed by atoms with Crippen LogP contribution in [-0.4, -0.2) is 12.2 Å². The molecule has 2 aliphatic rings. The first-order chi connectivity index (χ1) is 6.76. The third kappa shape index (κ3) is 1.63. The first kappa shape index (κ1) is 10.2. The lowest BCUT2D eigenvalue weighted by Gasteiger charge is -2.46. The van der Waals surface area contributed by atoms with Crippen LogP contribution in [0.2, 0.25) is 0 Å². The van der Waals surface area contributed by atoms with Gasteiger partial charge in [0.25, 0.3) is 0 Å². The number of hydrogen-bond donors (Lipinski definition) is 0. The summed E-state index contributed by atoms with van der Waals surface area (Å²) in [4.78, 5) is 0. The molecule has 2 atom stereocenters. The van der Waals surface area contributed by atoms with Gasteiger partial charge in [0.05, 0.1) is 12.2 Å². The second-order valence-electron chi connectivity index (χ2n) is 5.01. The van der Waals surface area contributed by atoms with Gasteiger partial charge in [-0.15, -0.1) is 0 Å². The van der Waals surface area contributed by atoms with Crippen molar-refractivity contribution in [2.24, 2.45) is 11.8 Å². The molecule has 80 valence electrons. The molecule has 2 rings (SSSR count). The quantitative estimate of drug-likeness (QED) is 0.536. The van der Waals surface area contributed by atoms with E-state index in [0.717, 1.165) is 18.4 Å². The molecule has 1 nitrogen and oxygen atoms in total. The summed E-state index contributed by atoms with van der Waals surface area (Å²) in [5, 5.41) is 0. The molecule has 1 aliphatic heterocycles. The van der Waals surface area contributed by atoms with Gasteiger partial charge in [-0.3, -0.25) is 0 Å². The van der Waals surface area contributed by atoms with E-state index >= 15 is 0 Å². The third-order valence-corrected chi connectivity index (χ3v) is 4.26. The van der Waals surface area contributed by atoms with E-state index in [-0.39, 0.29) is 5.60 Å². The summed E-state index contributed by atoms with van der Waals surface area (Å²) in [6.07, 6.45) is 11.0. The maximum Gasteiger partial charge on any atom is 0.0740 e. The van der Waals surface area contributed by atoms with E-state index in [9.17, 15) is 0 Å². The SMILES string of the molecule is C[C@@H]1CCC[C@@H](C)C12CCC=CCO2. The average Bonchev–Trinajstić information content (AvgIpc) is 2.41. The molecule has 0 bridgehead atoms. The summed E-state index contributed by atoms with van der Waals surface area (Å²) < 4.78 is 6.17. The van der Waals surface area contributed by atoms with Gasteiger partial charge in [-0.2, -0.15) is 0 Å². The minimum Gasteiger partial charge on any atom is -0.370 e. The fourth-order valence-corrected chi connectivity index (χ4v) is 3.25. The van der Waals surface area contributed by atoms with E-state index in [4.69, 9.17) is 4.74 Å². The molecule has 1 heteroatoms. The van der Waals surface area contributed by atoms with E-state index in [2.05, 4.69) is 26.0 Å². The topological polar surface area (TPSA) is 9.23 Å². The van der Waals surface area contributed by atoms with Crippen LogP contribution in [0.5, 0.6) is 0 Å². The van der Waals surface area contributed by atoms with Crippen LogP contribution < -0.4 is 0 Å². The van der Waals surface area contributed by atoms with Gasteiger partial charge in [0.1, 0.15) is 0 Å². The van der Waals surface area contributed by atoms with Gasteiger partial charge in [-0.05, 0) is 37.5 Å². The van der Waals surface area contributed by atoms with Crippen molar-refractivity contribution < 1.29 is 4.74 Å². The molecule has 0 aromatic carbocycles. The van der Waals surface area contributed by atoms with Crippen molar-refractivity contribution in [1.29, 1.82) is 0 Å². The fourth-order valence-electron chi connectivity index (χ4n) is 3.25. The lowest BCUT2D eigenvalue weighted by atomic mass is 9.67. The van der Waals surface area contributed by atoms with Crippen LogP contribution in [-0.2, 0) is 4.74 Å². The van der Waals surface area contributed by atoms with Gasteiger partial charge < -0.3 is 4.74 Å². The van der Waals surface area contributed by atoms with E-state index in [0.29, 0.717) is 0 Å². The zero-order chi connectivity index (χ0) is 10.0. The van der Waals surface area contributed by atoms with Crippen LogP contribution in [0.15, 0.2) is 12.2 Å². The highest BCUT2D eigenvalue weighted by molar-refractivity contribution is 4.99. The van der Waals surface area contributed by atoms with Crippen LogP contribution in [0.3, 0.4) is 0 Å². The normalized spacial score (nSPS) is 37.0. The summed E-state index contributed by atoms with van der Waals surface area (Å²) in [7, 11) is 0. The molecule has 1 heterocycles. The van der Waals surface area contributed by atoms with Crippen molar-refractivity contribution >= 4 is 0 Å². The predicted octanol–water partition coefficient (Wildman–Crippen LogP) is 3.55. The second-order valence-corrected chi connectivity index (χ2v) is 5.01. The number of rotatable bonds is 0. The average molecular weight is 194 g/mol. The molecule has 1 spiro atoms. The zero-order valence-corrected chi connectivity index (χ0v) is 9.46. The second kappa shape index (κ2) is 4.06. The summed E-state index contributed by atoms with van der Waals surface area (Å²) in [5.41, 5.74) is 0.196. The lowest BCUT2D eigenvalue weighted by Crippen LogP contribution is -2.47. The molecule has 0 saturated heterocycles. The van der Waals surface area contributed by atoms with E-state index in [1.165, 1.54) is 32.1 Å². The molecular formula is C13H22O. The summed E-state index contributed by atoms with van der Waals surface area (Å²) >= 11 is 0. The fraction of sp³-hybridized carbons (Fsp3) is 0.846. The Hall–Kier alpha value is -0.300. The molecular weight excluding hydrogens is 172 g/mol. The minimum atomic E-state index is 0.196. The molecule has 1 fully saturated rings. The highest BCUT2D eigenvalue weighted by Gasteiger charge is 2.43. The molecule has 0 aromatic heterocycles. The third-order valence-electron chi connectivity index (χ3n) is 4.26. The molecule has 0 N–H and O–H groups in total. The molecule has 1 saturated carbocycles. The first-order valence-corrected chi connectivity index (χ1v) is 6.04. The number of allylic oxidation sites excluding steroid dienone is 1. The van der Waals surface area contributed by atoms with E-state index in [1.807, 2.05) is 0 Å². The largest absolute Gasteiger partial charge is 0.370 e. The highest BCUT2D eigenvalue weighted by atomic mass is 16.5. The lowest BCUT2D eigenvalue weighted by molar-refractivity contribution is -0.129. The summed E-state index contributed by atoms with van der Waals surface area (Å²) in [6, 6.07) is 0. The van der Waals surface area contributed by atoms with E-state index in [1.54, 1.807) is 0 Å². The Morgan fingerprint density at radius 2 is 1.86 bits per heavy atom. The maximum atomic E-state index is 6.17. The van der Waals surface area contributed by atoms with Crippen molar-refractivity contribution in [3.8, 4) is 0 Å². The minimum absolute atomic E-state index is 0.196. The summed E-state index contributed by atoms with van der Waals surface area (Å²) in [6.45, 7) is 5.58. The van der Waals surface area contributed by atoms with Gasteiger partial charge >= 0.3 is 0 Å². The van der Waals surface area contributed by atoms with Crippen LogP contribution in [0.1, 0.15) is 46.0 Å². The van der Waals surface area contributed by atoms with Crippen molar-refractivity contribution in [3.05, 3.63) is 12.2 Å². The van der Waals surface area contributed by atoms with E-state index < -0.39 is 0 Å². The van der Waals surface area contributed by atoms with Crippen molar-refractivity contribution in [3.63, 3.8) is 0 Å². The van der Waals surface area contributed by atoms with Gasteiger partial charge in [0.2, 0.25) is 0 Å². The maximum absolute atomic E-state index is 6.17. The molecule has 0 radical (unpaired) electrons. The van der Waals surface area contributed by atoms with Crippen molar-refractivity contribution in [2.75, 3.05) is 6.61 Å². The van der Waals surface area contributed by atoms with Crippen molar-refractivity contribution in [1.82, 2.24) is 0 Å². The predicted molar refractivity (Wildman–Crippen MR) is 59.2 cm³/mol. The Bertz CT molecular complexity index is 197. The summed E-state index contributed by atoms with van der Waals surface area (Å²) in [5.74, 6) is 1.48.